The number of pyridine rings is 1. The van der Waals surface area contributed by atoms with Crippen LogP contribution in [-0.4, -0.2) is 35.4 Å². The summed E-state index contributed by atoms with van der Waals surface area (Å²) >= 11 is 7.44. The van der Waals surface area contributed by atoms with E-state index in [1.807, 2.05) is 18.2 Å². The van der Waals surface area contributed by atoms with Gasteiger partial charge in [0, 0.05) is 25.5 Å². The van der Waals surface area contributed by atoms with Gasteiger partial charge in [-0.3, -0.25) is 0 Å². The summed E-state index contributed by atoms with van der Waals surface area (Å²) in [6, 6.07) is 11.9. The molecule has 2 aliphatic rings. The maximum atomic E-state index is 6.05. The van der Waals surface area contributed by atoms with Gasteiger partial charge in [-0.15, -0.1) is 0 Å². The second-order valence-corrected chi connectivity index (χ2v) is 7.46. The number of para-hydroxylation sites is 1. The number of rotatable bonds is 2. The van der Waals surface area contributed by atoms with Crippen molar-refractivity contribution in [3.63, 3.8) is 0 Å². The molecule has 0 amide bonds. The maximum absolute atomic E-state index is 6.05. The van der Waals surface area contributed by atoms with Crippen LogP contribution in [0.3, 0.4) is 0 Å². The molecule has 1 fully saturated rings. The highest BCUT2D eigenvalue weighted by molar-refractivity contribution is 8.17. The van der Waals surface area contributed by atoms with Crippen LogP contribution in [0.15, 0.2) is 64.5 Å². The van der Waals surface area contributed by atoms with Gasteiger partial charge in [-0.1, -0.05) is 35.9 Å². The lowest BCUT2D eigenvalue weighted by Gasteiger charge is -2.33. The monoisotopic (exact) mass is 398 g/mol. The van der Waals surface area contributed by atoms with Gasteiger partial charge in [-0.2, -0.15) is 0 Å². The van der Waals surface area contributed by atoms with Gasteiger partial charge >= 0.3 is 0 Å². The van der Waals surface area contributed by atoms with E-state index in [4.69, 9.17) is 21.3 Å². The van der Waals surface area contributed by atoms with Gasteiger partial charge in [0.25, 0.3) is 0 Å². The Labute approximate surface area is 168 Å². The van der Waals surface area contributed by atoms with Crippen LogP contribution in [0.25, 0.3) is 6.08 Å². The Morgan fingerprint density at radius 2 is 2.07 bits per heavy atom. The number of benzene rings is 1. The highest BCUT2D eigenvalue weighted by Crippen LogP contribution is 2.37. The fourth-order valence-corrected chi connectivity index (χ4v) is 4.05. The minimum absolute atomic E-state index is 0.456. The fraction of sp³-hybridized carbons (Fsp3) is 0.200. The second kappa shape index (κ2) is 7.66. The molecule has 2 aromatic rings. The fourth-order valence-electron chi connectivity index (χ4n) is 2.90. The van der Waals surface area contributed by atoms with Gasteiger partial charge in [0.05, 0.1) is 10.7 Å². The van der Waals surface area contributed by atoms with Crippen LogP contribution in [0, 0.1) is 0 Å². The number of aromatic nitrogens is 1. The van der Waals surface area contributed by atoms with E-state index >= 15 is 0 Å². The van der Waals surface area contributed by atoms with Crippen molar-refractivity contribution in [3.05, 3.63) is 70.0 Å². The van der Waals surface area contributed by atoms with Crippen molar-refractivity contribution in [2.24, 2.45) is 4.99 Å². The number of allylic oxidation sites excluding steroid dienone is 1. The van der Waals surface area contributed by atoms with E-state index in [-0.39, 0.29) is 0 Å². The summed E-state index contributed by atoms with van der Waals surface area (Å²) in [7, 11) is 2.05. The third-order valence-electron chi connectivity index (χ3n) is 4.40. The molecule has 7 heteroatoms. The number of hydrogen-bond acceptors (Lipinski definition) is 5. The highest BCUT2D eigenvalue weighted by atomic mass is 35.5. The van der Waals surface area contributed by atoms with Crippen LogP contribution in [0.2, 0.25) is 5.02 Å². The number of ether oxygens (including phenoxy) is 1. The van der Waals surface area contributed by atoms with E-state index in [0.29, 0.717) is 17.6 Å². The van der Waals surface area contributed by atoms with Crippen LogP contribution in [0.5, 0.6) is 0 Å². The molecule has 0 N–H and O–H groups in total. The predicted molar refractivity (Wildman–Crippen MR) is 113 cm³/mol. The number of anilines is 1. The molecule has 0 unspecified atom stereocenters. The first-order valence-corrected chi connectivity index (χ1v) is 9.86. The van der Waals surface area contributed by atoms with Crippen molar-refractivity contribution in [1.29, 1.82) is 0 Å². The summed E-state index contributed by atoms with van der Waals surface area (Å²) in [5.41, 5.74) is 3.37. The average molecular weight is 399 g/mol. The summed E-state index contributed by atoms with van der Waals surface area (Å²) in [6.07, 6.45) is 5.81. The van der Waals surface area contributed by atoms with E-state index < -0.39 is 0 Å². The lowest BCUT2D eigenvalue weighted by Crippen LogP contribution is -2.35. The van der Waals surface area contributed by atoms with E-state index in [2.05, 4.69) is 53.0 Å². The van der Waals surface area contributed by atoms with Gasteiger partial charge in [-0.05, 0) is 48.5 Å². The number of aliphatic imine (C=N–C) groups is 1. The van der Waals surface area contributed by atoms with Crippen molar-refractivity contribution >= 4 is 46.1 Å². The van der Waals surface area contributed by atoms with E-state index in [1.54, 1.807) is 12.3 Å². The summed E-state index contributed by atoms with van der Waals surface area (Å²) in [6.45, 7) is 3.34. The molecule has 1 aromatic carbocycles. The Morgan fingerprint density at radius 3 is 2.85 bits per heavy atom. The molecule has 0 spiro atoms. The van der Waals surface area contributed by atoms with Crippen molar-refractivity contribution < 1.29 is 4.74 Å². The van der Waals surface area contributed by atoms with Gasteiger partial charge in [0.2, 0.25) is 0 Å². The molecule has 0 aliphatic carbocycles. The Kier molecular flexibility index (Phi) is 5.09. The van der Waals surface area contributed by atoms with Gasteiger partial charge < -0.3 is 14.5 Å². The zero-order valence-corrected chi connectivity index (χ0v) is 16.7. The normalized spacial score (nSPS) is 20.6. The molecule has 0 atom stereocenters. The van der Waals surface area contributed by atoms with Gasteiger partial charge in [-0.25, -0.2) is 9.98 Å². The van der Waals surface area contributed by atoms with Gasteiger partial charge in [0.15, 0.2) is 22.8 Å². The zero-order valence-electron chi connectivity index (χ0n) is 15.1. The average Bonchev–Trinajstić information content (AvgIpc) is 2.70. The summed E-state index contributed by atoms with van der Waals surface area (Å²) in [5.74, 6) is 0.629. The molecule has 4 rings (SSSR count). The quantitative estimate of drug-likeness (QED) is 0.704. The molecule has 0 radical (unpaired) electrons. The summed E-state index contributed by atoms with van der Waals surface area (Å²) in [4.78, 5) is 13.2. The molecule has 1 aromatic heterocycles. The van der Waals surface area contributed by atoms with Crippen molar-refractivity contribution in [2.75, 3.05) is 25.2 Å². The first-order valence-electron chi connectivity index (χ1n) is 8.66. The number of amidine groups is 1. The maximum Gasteiger partial charge on any atom is 0.187 e. The van der Waals surface area contributed by atoms with Crippen LogP contribution in [0.1, 0.15) is 12.5 Å². The Morgan fingerprint density at radius 1 is 1.22 bits per heavy atom. The molecular weight excluding hydrogens is 380 g/mol. The smallest absolute Gasteiger partial charge is 0.187 e. The molecule has 0 bridgehead atoms. The van der Waals surface area contributed by atoms with Crippen LogP contribution < -0.4 is 4.90 Å². The van der Waals surface area contributed by atoms with Gasteiger partial charge in [0.1, 0.15) is 0 Å². The lowest BCUT2D eigenvalue weighted by molar-refractivity contribution is 0.136. The summed E-state index contributed by atoms with van der Waals surface area (Å²) in [5, 5.41) is 2.30. The van der Waals surface area contributed by atoms with Crippen LogP contribution in [-0.2, 0) is 4.74 Å². The summed E-state index contributed by atoms with van der Waals surface area (Å²) < 4.78 is 6.05. The Balaban J connectivity index is 1.67. The van der Waals surface area contributed by atoms with Crippen molar-refractivity contribution in [1.82, 2.24) is 9.88 Å². The van der Waals surface area contributed by atoms with E-state index in [0.717, 1.165) is 28.2 Å². The standard InChI is InChI=1S/C20H19ClN4OS/c1-3-25-13-26-19(27-20(25)23-18-11-9-15(21)12-22-18)17-10-8-14-6-4-5-7-16(14)24(17)2/h4-12H,3,13H2,1-2H3/b19-17-,23-20-. The highest BCUT2D eigenvalue weighted by Gasteiger charge is 2.26. The van der Waals surface area contributed by atoms with Crippen molar-refractivity contribution in [2.45, 2.75) is 6.92 Å². The van der Waals surface area contributed by atoms with Crippen LogP contribution >= 0.6 is 23.4 Å². The number of nitrogens with zero attached hydrogens (tertiary/aromatic N) is 4. The molecule has 3 heterocycles. The topological polar surface area (TPSA) is 41.0 Å². The lowest BCUT2D eigenvalue weighted by atomic mass is 10.1. The second-order valence-electron chi connectivity index (χ2n) is 6.08. The number of hydrogen-bond donors (Lipinski definition) is 0. The minimum Gasteiger partial charge on any atom is -0.464 e. The molecule has 5 nitrogen and oxygen atoms in total. The number of fused-ring (bicyclic) bond motifs is 1. The Bertz CT molecular complexity index is 939. The van der Waals surface area contributed by atoms with Crippen molar-refractivity contribution in [3.8, 4) is 0 Å². The largest absolute Gasteiger partial charge is 0.464 e. The van der Waals surface area contributed by atoms with E-state index in [9.17, 15) is 0 Å². The third kappa shape index (κ3) is 3.68. The molecule has 27 heavy (non-hydrogen) atoms. The number of thioether (sulfide) groups is 1. The third-order valence-corrected chi connectivity index (χ3v) is 5.67. The zero-order chi connectivity index (χ0) is 18.8. The first-order chi connectivity index (χ1) is 13.2. The molecular formula is C20H19ClN4OS. The number of halogens is 1. The van der Waals surface area contributed by atoms with E-state index in [1.165, 1.54) is 17.3 Å². The minimum atomic E-state index is 0.456. The Hall–Kier alpha value is -2.44. The number of likely N-dealkylation sites (N-methyl/N-ethyl adjacent to an activating group) is 1. The van der Waals surface area contributed by atoms with Crippen LogP contribution in [0.4, 0.5) is 11.5 Å². The molecule has 2 aliphatic heterocycles. The predicted octanol–water partition coefficient (Wildman–Crippen LogP) is 5.10. The molecule has 0 saturated carbocycles. The SMILES string of the molecule is CCN1CO/C(=C2\C=Cc3ccccc3N2C)S/C1=N\c1ccc(Cl)cn1. The first kappa shape index (κ1) is 17.9. The molecule has 1 saturated heterocycles. The molecule has 138 valence electrons.